The van der Waals surface area contributed by atoms with Crippen molar-refractivity contribution in [3.05, 3.63) is 20.5 Å². The quantitative estimate of drug-likeness (QED) is 0.620. The number of halogens is 1. The van der Waals surface area contributed by atoms with Gasteiger partial charge in [-0.25, -0.2) is 8.42 Å². The number of rotatable bonds is 4. The van der Waals surface area contributed by atoms with Crippen LogP contribution in [0.15, 0.2) is 10.3 Å². The molecule has 0 bridgehead atoms. The second-order valence-corrected chi connectivity index (χ2v) is 9.05. The van der Waals surface area contributed by atoms with E-state index in [-0.39, 0.29) is 20.3 Å². The monoisotopic (exact) mass is 342 g/mol. The lowest BCUT2D eigenvalue weighted by atomic mass is 10.3. The Hall–Kier alpha value is -0.350. The van der Waals surface area contributed by atoms with E-state index in [0.717, 1.165) is 35.3 Å². The highest BCUT2D eigenvalue weighted by Crippen LogP contribution is 2.38. The Balaban J connectivity index is 2.33. The molecule has 1 aliphatic rings. The number of hydrogen-bond acceptors (Lipinski definition) is 6. The lowest BCUT2D eigenvalue weighted by Gasteiger charge is -2.21. The fourth-order valence-electron chi connectivity index (χ4n) is 1.74. The molecule has 1 aromatic heterocycles. The van der Waals surface area contributed by atoms with Gasteiger partial charge in [0.1, 0.15) is 4.21 Å². The Morgan fingerprint density at radius 1 is 1.58 bits per heavy atom. The van der Waals surface area contributed by atoms with Crippen LogP contribution < -0.4 is 0 Å². The van der Waals surface area contributed by atoms with Gasteiger partial charge in [0.2, 0.25) is 0 Å². The summed E-state index contributed by atoms with van der Waals surface area (Å²) in [4.78, 5) is 10.0. The fraction of sp³-hybridized carbons (Fsp3) is 0.556. The van der Waals surface area contributed by atoms with Gasteiger partial charge in [0, 0.05) is 24.9 Å². The maximum Gasteiger partial charge on any atom is 0.300 e. The topological polar surface area (TPSA) is 80.5 Å². The Bertz CT molecular complexity index is 595. The standard InChI is InChI=1S/C9H11ClN2O4S3/c1-11(6-2-3-17-5-6)19(15,16)8-4-7(12(13)14)9(10)18-8/h4,6H,2-3,5H2,1H3. The molecule has 0 aliphatic carbocycles. The molecule has 106 valence electrons. The fourth-order valence-corrected chi connectivity index (χ4v) is 6.34. The Morgan fingerprint density at radius 3 is 2.74 bits per heavy atom. The second kappa shape index (κ2) is 5.57. The summed E-state index contributed by atoms with van der Waals surface area (Å²) >= 11 is 8.12. The molecule has 0 aromatic carbocycles. The third-order valence-electron chi connectivity index (χ3n) is 2.90. The molecule has 2 heterocycles. The number of thioether (sulfide) groups is 1. The Kier molecular flexibility index (Phi) is 4.41. The van der Waals surface area contributed by atoms with Crippen LogP contribution in [0, 0.1) is 10.1 Å². The molecule has 1 aromatic rings. The van der Waals surface area contributed by atoms with Crippen LogP contribution in [0.3, 0.4) is 0 Å². The van der Waals surface area contributed by atoms with Gasteiger partial charge in [-0.3, -0.25) is 10.1 Å². The van der Waals surface area contributed by atoms with Crippen molar-refractivity contribution >= 4 is 50.4 Å². The van der Waals surface area contributed by atoms with Crippen LogP contribution in [0.1, 0.15) is 6.42 Å². The van der Waals surface area contributed by atoms with E-state index in [2.05, 4.69) is 0 Å². The van der Waals surface area contributed by atoms with Crippen molar-refractivity contribution in [3.63, 3.8) is 0 Å². The maximum atomic E-state index is 12.4. The van der Waals surface area contributed by atoms with Gasteiger partial charge in [0.15, 0.2) is 4.34 Å². The third kappa shape index (κ3) is 2.89. The predicted octanol–water partition coefficient (Wildman–Crippen LogP) is 2.44. The van der Waals surface area contributed by atoms with E-state index in [0.29, 0.717) is 0 Å². The molecule has 2 rings (SSSR count). The van der Waals surface area contributed by atoms with Gasteiger partial charge in [-0.1, -0.05) is 11.6 Å². The largest absolute Gasteiger partial charge is 0.300 e. The molecule has 0 amide bonds. The molecule has 1 saturated heterocycles. The summed E-state index contributed by atoms with van der Waals surface area (Å²) in [7, 11) is -2.20. The summed E-state index contributed by atoms with van der Waals surface area (Å²) in [5, 5.41) is 10.7. The molecular weight excluding hydrogens is 332 g/mol. The van der Waals surface area contributed by atoms with Crippen LogP contribution in [0.4, 0.5) is 5.69 Å². The minimum Gasteiger partial charge on any atom is -0.258 e. The van der Waals surface area contributed by atoms with Crippen LogP contribution in [-0.2, 0) is 10.0 Å². The first kappa shape index (κ1) is 15.0. The molecule has 6 nitrogen and oxygen atoms in total. The third-order valence-corrected chi connectivity index (χ3v) is 7.74. The summed E-state index contributed by atoms with van der Waals surface area (Å²) in [6, 6.07) is 0.968. The molecule has 1 unspecified atom stereocenters. The zero-order chi connectivity index (χ0) is 14.2. The van der Waals surface area contributed by atoms with Crippen molar-refractivity contribution < 1.29 is 13.3 Å². The van der Waals surface area contributed by atoms with Crippen LogP contribution in [-0.4, -0.2) is 42.2 Å². The average molecular weight is 343 g/mol. The molecular formula is C9H11ClN2O4S3. The van der Waals surface area contributed by atoms with Crippen molar-refractivity contribution in [1.29, 1.82) is 0 Å². The van der Waals surface area contributed by atoms with E-state index in [4.69, 9.17) is 11.6 Å². The van der Waals surface area contributed by atoms with E-state index in [1.54, 1.807) is 11.8 Å². The minimum atomic E-state index is -3.71. The molecule has 1 atom stereocenters. The van der Waals surface area contributed by atoms with Crippen molar-refractivity contribution in [2.24, 2.45) is 0 Å². The molecule has 0 N–H and O–H groups in total. The summed E-state index contributed by atoms with van der Waals surface area (Å²) in [5.74, 6) is 1.67. The SMILES string of the molecule is CN(C1CCSC1)S(=O)(=O)c1cc([N+](=O)[O-])c(Cl)s1. The summed E-state index contributed by atoms with van der Waals surface area (Å²) in [6.07, 6.45) is 0.793. The van der Waals surface area contributed by atoms with Gasteiger partial charge < -0.3 is 0 Å². The summed E-state index contributed by atoms with van der Waals surface area (Å²) in [6.45, 7) is 0. The van der Waals surface area contributed by atoms with Crippen LogP contribution >= 0.6 is 34.7 Å². The normalized spacial score (nSPS) is 20.1. The molecule has 19 heavy (non-hydrogen) atoms. The van der Waals surface area contributed by atoms with Crippen molar-refractivity contribution in [3.8, 4) is 0 Å². The highest BCUT2D eigenvalue weighted by molar-refractivity contribution is 7.99. The van der Waals surface area contributed by atoms with E-state index in [1.807, 2.05) is 0 Å². The summed E-state index contributed by atoms with van der Waals surface area (Å²) < 4.78 is 25.8. The first-order valence-corrected chi connectivity index (χ1v) is 9.12. The molecule has 10 heteroatoms. The van der Waals surface area contributed by atoms with Crippen LogP contribution in [0.5, 0.6) is 0 Å². The van der Waals surface area contributed by atoms with Crippen LogP contribution in [0.25, 0.3) is 0 Å². The zero-order valence-electron chi connectivity index (χ0n) is 9.91. The van der Waals surface area contributed by atoms with Gasteiger partial charge in [0.25, 0.3) is 15.7 Å². The number of nitro groups is 1. The number of sulfonamides is 1. The molecule has 1 aliphatic heterocycles. The van der Waals surface area contributed by atoms with Crippen LogP contribution in [0.2, 0.25) is 4.34 Å². The van der Waals surface area contributed by atoms with E-state index >= 15 is 0 Å². The predicted molar refractivity (Wildman–Crippen MR) is 76.7 cm³/mol. The van der Waals surface area contributed by atoms with Gasteiger partial charge >= 0.3 is 0 Å². The first-order chi connectivity index (χ1) is 8.84. The highest BCUT2D eigenvalue weighted by Gasteiger charge is 2.33. The first-order valence-electron chi connectivity index (χ1n) is 5.33. The lowest BCUT2D eigenvalue weighted by molar-refractivity contribution is -0.384. The lowest BCUT2D eigenvalue weighted by Crippen LogP contribution is -2.36. The Labute approximate surface area is 123 Å². The minimum absolute atomic E-state index is 0.0602. The number of nitrogens with zero attached hydrogens (tertiary/aromatic N) is 2. The van der Waals surface area contributed by atoms with Gasteiger partial charge in [-0.05, 0) is 12.2 Å². The molecule has 1 fully saturated rings. The smallest absolute Gasteiger partial charge is 0.258 e. The van der Waals surface area contributed by atoms with Crippen molar-refractivity contribution in [2.75, 3.05) is 18.6 Å². The van der Waals surface area contributed by atoms with Crippen molar-refractivity contribution in [2.45, 2.75) is 16.7 Å². The molecule has 0 radical (unpaired) electrons. The van der Waals surface area contributed by atoms with Gasteiger partial charge in [-0.2, -0.15) is 16.1 Å². The average Bonchev–Trinajstić information content (AvgIpc) is 2.96. The highest BCUT2D eigenvalue weighted by atomic mass is 35.5. The molecule has 0 saturated carbocycles. The molecule has 0 spiro atoms. The Morgan fingerprint density at radius 2 is 2.26 bits per heavy atom. The van der Waals surface area contributed by atoms with Crippen molar-refractivity contribution in [1.82, 2.24) is 4.31 Å². The van der Waals surface area contributed by atoms with Gasteiger partial charge in [-0.15, -0.1) is 11.3 Å². The number of thiophene rings is 1. The maximum absolute atomic E-state index is 12.4. The summed E-state index contributed by atoms with van der Waals surface area (Å²) in [5.41, 5.74) is -0.362. The zero-order valence-corrected chi connectivity index (χ0v) is 13.1. The van der Waals surface area contributed by atoms with E-state index in [1.165, 1.54) is 11.4 Å². The van der Waals surface area contributed by atoms with Gasteiger partial charge in [0.05, 0.1) is 4.92 Å². The van der Waals surface area contributed by atoms with E-state index in [9.17, 15) is 18.5 Å². The second-order valence-electron chi connectivity index (χ2n) is 4.02. The van der Waals surface area contributed by atoms with E-state index < -0.39 is 14.9 Å². The number of hydrogen-bond donors (Lipinski definition) is 0.